The Bertz CT molecular complexity index is 1070. The monoisotopic (exact) mass is 433 g/mol. The molecule has 1 aliphatic heterocycles. The lowest BCUT2D eigenvalue weighted by Crippen LogP contribution is -2.56. The minimum Gasteiger partial charge on any atom is -0.384 e. The van der Waals surface area contributed by atoms with Crippen molar-refractivity contribution in [3.8, 4) is 0 Å². The Morgan fingerprint density at radius 2 is 1.91 bits per heavy atom. The zero-order valence-corrected chi connectivity index (χ0v) is 18.6. The number of hydrogen-bond acceptors (Lipinski definition) is 7. The van der Waals surface area contributed by atoms with Gasteiger partial charge in [-0.15, -0.1) is 0 Å². The van der Waals surface area contributed by atoms with Gasteiger partial charge < -0.3 is 16.4 Å². The maximum atomic E-state index is 13.3. The number of benzene rings is 1. The number of nitrogen functional groups attached to an aromatic ring is 2. The summed E-state index contributed by atoms with van der Waals surface area (Å²) in [5, 5.41) is 0.840. The summed E-state index contributed by atoms with van der Waals surface area (Å²) >= 11 is 0. The Hall–Kier alpha value is -3.26. The number of amides is 1. The van der Waals surface area contributed by atoms with E-state index in [4.69, 9.17) is 11.5 Å². The number of nitrogens with two attached hydrogens (primary N) is 2. The fraction of sp³-hybridized carbons (Fsp3) is 0.417. The van der Waals surface area contributed by atoms with Gasteiger partial charge in [-0.2, -0.15) is 0 Å². The number of carbonyl (C=O) groups excluding carboxylic acids is 1. The smallest absolute Gasteiger partial charge is 0.240 e. The molecule has 32 heavy (non-hydrogen) atoms. The molecule has 0 spiro atoms. The Kier molecular flexibility index (Phi) is 6.80. The van der Waals surface area contributed by atoms with Crippen LogP contribution in [0.4, 0.5) is 11.6 Å². The summed E-state index contributed by atoms with van der Waals surface area (Å²) < 4.78 is 0. The molecule has 8 nitrogen and oxygen atoms in total. The van der Waals surface area contributed by atoms with Gasteiger partial charge in [0, 0.05) is 31.2 Å². The van der Waals surface area contributed by atoms with Gasteiger partial charge in [-0.1, -0.05) is 25.5 Å². The third-order valence-corrected chi connectivity index (χ3v) is 6.12. The largest absolute Gasteiger partial charge is 0.384 e. The molecule has 1 fully saturated rings. The maximum Gasteiger partial charge on any atom is 0.240 e. The number of hydrogen-bond donors (Lipinski definition) is 2. The van der Waals surface area contributed by atoms with E-state index >= 15 is 0 Å². The molecule has 0 radical (unpaired) electrons. The SMILES string of the molecule is CCC[C@H]1C(=O)N(Cc2ccc3c(N)ncnc3c2)CCN1CCCc1ccc(N)nc1. The number of pyridine rings is 1. The summed E-state index contributed by atoms with van der Waals surface area (Å²) in [4.78, 5) is 30.2. The van der Waals surface area contributed by atoms with Crippen LogP contribution in [-0.2, 0) is 17.8 Å². The highest BCUT2D eigenvalue weighted by atomic mass is 16.2. The lowest BCUT2D eigenvalue weighted by atomic mass is 10.0. The van der Waals surface area contributed by atoms with Crippen LogP contribution in [0.1, 0.15) is 37.3 Å². The second-order valence-electron chi connectivity index (χ2n) is 8.41. The normalized spacial score (nSPS) is 17.2. The van der Waals surface area contributed by atoms with Gasteiger partial charge in [0.05, 0.1) is 11.6 Å². The molecule has 1 saturated heterocycles. The van der Waals surface area contributed by atoms with E-state index < -0.39 is 0 Å². The molecule has 168 valence electrons. The Morgan fingerprint density at radius 1 is 1.06 bits per heavy atom. The molecular weight excluding hydrogens is 402 g/mol. The van der Waals surface area contributed by atoms with Crippen molar-refractivity contribution in [1.29, 1.82) is 0 Å². The van der Waals surface area contributed by atoms with Crippen LogP contribution in [0.5, 0.6) is 0 Å². The van der Waals surface area contributed by atoms with Gasteiger partial charge in [0.1, 0.15) is 18.0 Å². The second kappa shape index (κ2) is 9.91. The topological polar surface area (TPSA) is 114 Å². The summed E-state index contributed by atoms with van der Waals surface area (Å²) in [5.74, 6) is 1.24. The third-order valence-electron chi connectivity index (χ3n) is 6.12. The van der Waals surface area contributed by atoms with Crippen molar-refractivity contribution in [2.75, 3.05) is 31.1 Å². The number of piperazine rings is 1. The molecule has 0 bridgehead atoms. The zero-order valence-electron chi connectivity index (χ0n) is 18.6. The van der Waals surface area contributed by atoms with E-state index in [-0.39, 0.29) is 11.9 Å². The highest BCUT2D eigenvalue weighted by Gasteiger charge is 2.33. The lowest BCUT2D eigenvalue weighted by molar-refractivity contribution is -0.142. The lowest BCUT2D eigenvalue weighted by Gasteiger charge is -2.41. The van der Waals surface area contributed by atoms with E-state index in [1.165, 1.54) is 11.9 Å². The van der Waals surface area contributed by atoms with Crippen LogP contribution in [-0.4, -0.2) is 56.3 Å². The van der Waals surface area contributed by atoms with Crippen molar-refractivity contribution < 1.29 is 4.79 Å². The predicted molar refractivity (Wildman–Crippen MR) is 127 cm³/mol. The second-order valence-corrected chi connectivity index (χ2v) is 8.41. The van der Waals surface area contributed by atoms with Gasteiger partial charge in [0.25, 0.3) is 0 Å². The Labute approximate surface area is 188 Å². The molecule has 1 aliphatic rings. The van der Waals surface area contributed by atoms with Crippen LogP contribution in [0, 0.1) is 0 Å². The molecule has 8 heteroatoms. The van der Waals surface area contributed by atoms with Crippen LogP contribution in [0.3, 0.4) is 0 Å². The number of aromatic nitrogens is 3. The quantitative estimate of drug-likeness (QED) is 0.561. The number of rotatable bonds is 8. The first-order valence-corrected chi connectivity index (χ1v) is 11.3. The molecule has 1 aromatic carbocycles. The number of anilines is 2. The first kappa shape index (κ1) is 22.0. The molecule has 0 unspecified atom stereocenters. The summed E-state index contributed by atoms with van der Waals surface area (Å²) in [6, 6.07) is 9.76. The van der Waals surface area contributed by atoms with Gasteiger partial charge >= 0.3 is 0 Å². The van der Waals surface area contributed by atoms with E-state index in [2.05, 4.69) is 26.8 Å². The van der Waals surface area contributed by atoms with Gasteiger partial charge in [-0.3, -0.25) is 9.69 Å². The van der Waals surface area contributed by atoms with Crippen molar-refractivity contribution >= 4 is 28.4 Å². The molecule has 0 saturated carbocycles. The summed E-state index contributed by atoms with van der Waals surface area (Å²) in [6.45, 7) is 5.24. The van der Waals surface area contributed by atoms with Gasteiger partial charge in [-0.25, -0.2) is 15.0 Å². The highest BCUT2D eigenvalue weighted by molar-refractivity contribution is 5.88. The van der Waals surface area contributed by atoms with E-state index in [1.54, 1.807) is 0 Å². The fourth-order valence-corrected chi connectivity index (χ4v) is 4.40. The average molecular weight is 434 g/mol. The molecule has 4 N–H and O–H groups in total. The first-order valence-electron chi connectivity index (χ1n) is 11.3. The number of nitrogens with zero attached hydrogens (tertiary/aromatic N) is 5. The van der Waals surface area contributed by atoms with Crippen molar-refractivity contribution in [1.82, 2.24) is 24.8 Å². The Morgan fingerprint density at radius 3 is 2.69 bits per heavy atom. The maximum absolute atomic E-state index is 13.3. The summed E-state index contributed by atoms with van der Waals surface area (Å²) in [5.41, 5.74) is 14.6. The fourth-order valence-electron chi connectivity index (χ4n) is 4.40. The van der Waals surface area contributed by atoms with Crippen molar-refractivity contribution in [3.63, 3.8) is 0 Å². The molecule has 4 rings (SSSR count). The first-order chi connectivity index (χ1) is 15.5. The number of aryl methyl sites for hydroxylation is 1. The Balaban J connectivity index is 1.39. The van der Waals surface area contributed by atoms with Gasteiger partial charge in [0.15, 0.2) is 0 Å². The minimum absolute atomic E-state index is 0.0586. The van der Waals surface area contributed by atoms with Crippen LogP contribution < -0.4 is 11.5 Å². The molecule has 3 heterocycles. The van der Waals surface area contributed by atoms with E-state index in [0.29, 0.717) is 18.2 Å². The van der Waals surface area contributed by atoms with E-state index in [9.17, 15) is 4.79 Å². The third kappa shape index (κ3) is 4.96. The van der Waals surface area contributed by atoms with Crippen LogP contribution in [0.25, 0.3) is 10.9 Å². The molecular formula is C24H31N7O. The molecule has 0 aliphatic carbocycles. The van der Waals surface area contributed by atoms with E-state index in [0.717, 1.165) is 61.8 Å². The molecule has 1 atom stereocenters. The standard InChI is InChI=1S/C24H31N7O/c1-2-4-21-24(32)31(15-18-6-8-19-20(13-18)28-16-29-23(19)26)12-11-30(21)10-3-5-17-7-9-22(25)27-14-17/h6-9,13-14,16,21H,2-5,10-12,15H2,1H3,(H2,25,27)(H2,26,28,29)/t21-/m0/s1. The van der Waals surface area contributed by atoms with Crippen molar-refractivity contribution in [2.45, 2.75) is 45.2 Å². The van der Waals surface area contributed by atoms with Crippen LogP contribution >= 0.6 is 0 Å². The summed E-state index contributed by atoms with van der Waals surface area (Å²) in [7, 11) is 0. The number of carbonyl (C=O) groups is 1. The molecule has 1 amide bonds. The van der Waals surface area contributed by atoms with Crippen LogP contribution in [0.15, 0.2) is 42.9 Å². The zero-order chi connectivity index (χ0) is 22.5. The van der Waals surface area contributed by atoms with Crippen molar-refractivity contribution in [3.05, 3.63) is 54.0 Å². The average Bonchev–Trinajstić information content (AvgIpc) is 2.79. The molecule has 3 aromatic rings. The molecule has 2 aromatic heterocycles. The van der Waals surface area contributed by atoms with Crippen LogP contribution in [0.2, 0.25) is 0 Å². The van der Waals surface area contributed by atoms with Gasteiger partial charge in [0.2, 0.25) is 5.91 Å². The summed E-state index contributed by atoms with van der Waals surface area (Å²) in [6.07, 6.45) is 7.09. The minimum atomic E-state index is -0.0586. The van der Waals surface area contributed by atoms with Gasteiger partial charge in [-0.05, 0) is 55.1 Å². The van der Waals surface area contributed by atoms with E-state index in [1.807, 2.05) is 41.4 Å². The number of fused-ring (bicyclic) bond motifs is 1. The predicted octanol–water partition coefficient (Wildman–Crippen LogP) is 2.63. The highest BCUT2D eigenvalue weighted by Crippen LogP contribution is 2.22. The van der Waals surface area contributed by atoms with Crippen molar-refractivity contribution in [2.24, 2.45) is 0 Å².